The Morgan fingerprint density at radius 3 is 2.27 bits per heavy atom. The summed E-state index contributed by atoms with van der Waals surface area (Å²) < 4.78 is 0. The second-order valence-corrected chi connectivity index (χ2v) is 9.26. The fraction of sp³-hybridized carbons (Fsp3) is 0.720. The molecule has 0 saturated carbocycles. The van der Waals surface area contributed by atoms with Crippen LogP contribution in [0.3, 0.4) is 0 Å². The molecule has 0 bridgehead atoms. The predicted molar refractivity (Wildman–Crippen MR) is 129 cm³/mol. The summed E-state index contributed by atoms with van der Waals surface area (Å²) in [5.41, 5.74) is 5.11. The second-order valence-electron chi connectivity index (χ2n) is 9.26. The van der Waals surface area contributed by atoms with Crippen molar-refractivity contribution in [1.29, 1.82) is 0 Å². The van der Waals surface area contributed by atoms with Crippen molar-refractivity contribution < 1.29 is 10.2 Å². The van der Waals surface area contributed by atoms with Gasteiger partial charge in [-0.05, 0) is 58.4 Å². The molecule has 5 heteroatoms. The van der Waals surface area contributed by atoms with Gasteiger partial charge < -0.3 is 10.2 Å². The molecular weight excluding hydrogens is 374 g/mol. The van der Waals surface area contributed by atoms with E-state index in [-0.39, 0.29) is 24.2 Å². The molecule has 0 radical (unpaired) electrons. The van der Waals surface area contributed by atoms with E-state index in [1.807, 2.05) is 13.1 Å². The average molecular weight is 420 g/mol. The van der Waals surface area contributed by atoms with Gasteiger partial charge >= 0.3 is 0 Å². The minimum atomic E-state index is -0.167. The van der Waals surface area contributed by atoms with Crippen molar-refractivity contribution in [1.82, 2.24) is 9.97 Å². The monoisotopic (exact) mass is 419 g/mol. The first-order chi connectivity index (χ1) is 14.0. The van der Waals surface area contributed by atoms with Crippen LogP contribution in [-0.2, 0) is 0 Å². The molecule has 1 aliphatic heterocycles. The highest BCUT2D eigenvalue weighted by Crippen LogP contribution is 2.26. The Hall–Kier alpha value is -1.59. The van der Waals surface area contributed by atoms with Crippen LogP contribution in [-0.4, -0.2) is 44.6 Å². The van der Waals surface area contributed by atoms with Crippen LogP contribution in [0.1, 0.15) is 105 Å². The molecule has 0 amide bonds. The minimum absolute atomic E-state index is 0.0114. The summed E-state index contributed by atoms with van der Waals surface area (Å²) in [4.78, 5) is 14.0. The van der Waals surface area contributed by atoms with Gasteiger partial charge in [-0.15, -0.1) is 0 Å². The van der Waals surface area contributed by atoms with Crippen LogP contribution in [0.15, 0.2) is 16.8 Å². The highest BCUT2D eigenvalue weighted by molar-refractivity contribution is 5.99. The average Bonchev–Trinajstić information content (AvgIpc) is 2.88. The van der Waals surface area contributed by atoms with E-state index in [1.165, 1.54) is 12.0 Å². The van der Waals surface area contributed by atoms with Crippen LogP contribution in [0.5, 0.6) is 0 Å². The van der Waals surface area contributed by atoms with Crippen molar-refractivity contribution in [3.8, 4) is 0 Å². The number of rotatable bonds is 3. The summed E-state index contributed by atoms with van der Waals surface area (Å²) in [6.45, 7) is 18.5. The van der Waals surface area contributed by atoms with E-state index < -0.39 is 0 Å². The van der Waals surface area contributed by atoms with E-state index >= 15 is 0 Å². The molecule has 2 rings (SSSR count). The van der Waals surface area contributed by atoms with Gasteiger partial charge in [-0.3, -0.25) is 9.98 Å². The van der Waals surface area contributed by atoms with Gasteiger partial charge in [-0.25, -0.2) is 4.98 Å². The Balaban J connectivity index is 0.00000105. The van der Waals surface area contributed by atoms with Gasteiger partial charge in [0.15, 0.2) is 0 Å². The van der Waals surface area contributed by atoms with Crippen LogP contribution in [0.2, 0.25) is 0 Å². The summed E-state index contributed by atoms with van der Waals surface area (Å²) in [7, 11) is 0. The zero-order valence-corrected chi connectivity index (χ0v) is 20.8. The molecule has 0 spiro atoms. The third-order valence-electron chi connectivity index (χ3n) is 4.57. The fourth-order valence-electron chi connectivity index (χ4n) is 2.54. The Morgan fingerprint density at radius 2 is 1.80 bits per heavy atom. The molecule has 1 aromatic rings. The first kappa shape index (κ1) is 28.4. The smallest absolute Gasteiger partial charge is 0.103 e. The number of hydrogen-bond donors (Lipinski definition) is 2. The molecule has 1 aliphatic rings. The lowest BCUT2D eigenvalue weighted by Gasteiger charge is -2.19. The van der Waals surface area contributed by atoms with Crippen molar-refractivity contribution >= 4 is 11.8 Å². The third kappa shape index (κ3) is 11.6. The molecule has 1 atom stereocenters. The number of allylic oxidation sites excluding steroid dienone is 1. The molecule has 172 valence electrons. The predicted octanol–water partition coefficient (Wildman–Crippen LogP) is 5.76. The second kappa shape index (κ2) is 14.4. The SMILES string of the molecule is C/C(=C\c1ncc(C2=NC(CO)CCCC2)nc1C)C(C)(C)C.CC(C)O.CCC. The van der Waals surface area contributed by atoms with Gasteiger partial charge in [0.1, 0.15) is 5.69 Å². The first-order valence-electron chi connectivity index (χ1n) is 11.3. The lowest BCUT2D eigenvalue weighted by Crippen LogP contribution is -2.13. The van der Waals surface area contributed by atoms with E-state index in [0.717, 1.165) is 48.5 Å². The third-order valence-corrected chi connectivity index (χ3v) is 4.57. The van der Waals surface area contributed by atoms with Crippen molar-refractivity contribution in [2.75, 3.05) is 6.61 Å². The molecule has 0 aliphatic carbocycles. The fourth-order valence-corrected chi connectivity index (χ4v) is 2.54. The number of aromatic nitrogens is 2. The molecular formula is C25H45N3O2. The van der Waals surface area contributed by atoms with Crippen LogP contribution in [0, 0.1) is 12.3 Å². The van der Waals surface area contributed by atoms with Crippen molar-refractivity contribution in [2.24, 2.45) is 10.4 Å². The number of aliphatic hydroxyl groups excluding tert-OH is 2. The molecule has 1 unspecified atom stereocenters. The van der Waals surface area contributed by atoms with E-state index in [9.17, 15) is 5.11 Å². The highest BCUT2D eigenvalue weighted by atomic mass is 16.3. The molecule has 0 saturated heterocycles. The molecule has 5 nitrogen and oxygen atoms in total. The van der Waals surface area contributed by atoms with Crippen molar-refractivity contribution in [3.05, 3.63) is 28.9 Å². The molecule has 0 aromatic carbocycles. The summed E-state index contributed by atoms with van der Waals surface area (Å²) >= 11 is 0. The Labute approximate surface area is 184 Å². The van der Waals surface area contributed by atoms with Gasteiger partial charge in [-0.1, -0.05) is 53.0 Å². The molecule has 2 N–H and O–H groups in total. The van der Waals surface area contributed by atoms with Gasteiger partial charge in [0, 0.05) is 6.10 Å². The Kier molecular flexibility index (Phi) is 13.7. The van der Waals surface area contributed by atoms with E-state index in [1.54, 1.807) is 13.8 Å². The number of aliphatic hydroxyl groups is 2. The topological polar surface area (TPSA) is 78.6 Å². The van der Waals surface area contributed by atoms with E-state index in [0.29, 0.717) is 0 Å². The number of hydrogen-bond acceptors (Lipinski definition) is 5. The first-order valence-corrected chi connectivity index (χ1v) is 11.3. The van der Waals surface area contributed by atoms with Gasteiger partial charge in [0.25, 0.3) is 0 Å². The van der Waals surface area contributed by atoms with Crippen molar-refractivity contribution in [3.63, 3.8) is 0 Å². The maximum Gasteiger partial charge on any atom is 0.103 e. The quantitative estimate of drug-likeness (QED) is 0.652. The standard InChI is InChI=1S/C19H29N3O.C3H8O.C3H8/c1-13(19(3,4)5)10-17-14(2)21-18(11-20-17)16-9-7-6-8-15(12-23)22-16;1-3(2)4;1-3-2/h10-11,15,23H,6-9,12H2,1-5H3;3-4H,1-2H3;3H2,1-2H3/b13-10+;;. The number of nitrogens with zero attached hydrogens (tertiary/aromatic N) is 3. The van der Waals surface area contributed by atoms with Gasteiger partial charge in [-0.2, -0.15) is 0 Å². The van der Waals surface area contributed by atoms with Gasteiger partial charge in [0.2, 0.25) is 0 Å². The van der Waals surface area contributed by atoms with Crippen LogP contribution >= 0.6 is 0 Å². The van der Waals surface area contributed by atoms with Crippen LogP contribution in [0.4, 0.5) is 0 Å². The summed E-state index contributed by atoms with van der Waals surface area (Å²) in [5.74, 6) is 0. The minimum Gasteiger partial charge on any atom is -0.394 e. The Morgan fingerprint density at radius 1 is 1.23 bits per heavy atom. The van der Waals surface area contributed by atoms with E-state index in [4.69, 9.17) is 10.1 Å². The lowest BCUT2D eigenvalue weighted by molar-refractivity contribution is 0.216. The maximum atomic E-state index is 9.40. The van der Waals surface area contributed by atoms with Crippen LogP contribution < -0.4 is 0 Å². The normalized spacial score (nSPS) is 17.3. The lowest BCUT2D eigenvalue weighted by atomic mass is 9.87. The molecule has 30 heavy (non-hydrogen) atoms. The highest BCUT2D eigenvalue weighted by Gasteiger charge is 2.17. The molecule has 1 aromatic heterocycles. The van der Waals surface area contributed by atoms with Gasteiger partial charge in [0.05, 0.1) is 35.9 Å². The number of aryl methyl sites for hydroxylation is 1. The molecule has 0 fully saturated rings. The maximum absolute atomic E-state index is 9.40. The Bertz CT molecular complexity index is 671. The van der Waals surface area contributed by atoms with E-state index in [2.05, 4.69) is 57.6 Å². The summed E-state index contributed by atoms with van der Waals surface area (Å²) in [5, 5.41) is 17.5. The summed E-state index contributed by atoms with van der Waals surface area (Å²) in [6.07, 6.45) is 9.11. The largest absolute Gasteiger partial charge is 0.394 e. The number of aliphatic imine (C=N–C) groups is 1. The summed E-state index contributed by atoms with van der Waals surface area (Å²) in [6, 6.07) is 0.0114. The zero-order valence-electron chi connectivity index (χ0n) is 20.8. The molecule has 2 heterocycles. The van der Waals surface area contributed by atoms with Crippen LogP contribution in [0.25, 0.3) is 6.08 Å². The zero-order chi connectivity index (χ0) is 23.3. The van der Waals surface area contributed by atoms with Crippen molar-refractivity contribution in [2.45, 2.75) is 107 Å².